The number of carbonyl (C=O) groups is 1. The number of fused-ring (bicyclic) bond motifs is 6. The van der Waals surface area contributed by atoms with Crippen molar-refractivity contribution >= 4 is 16.8 Å². The van der Waals surface area contributed by atoms with E-state index in [2.05, 4.69) is 39.0 Å². The molecule has 1 aromatic carbocycles. The molecule has 1 aromatic heterocycles. The maximum atomic E-state index is 13.2. The van der Waals surface area contributed by atoms with E-state index in [1.807, 2.05) is 0 Å². The largest absolute Gasteiger partial charge is 0.348 e. The zero-order valence-corrected chi connectivity index (χ0v) is 14.1. The lowest BCUT2D eigenvalue weighted by Gasteiger charge is -2.44. The zero-order chi connectivity index (χ0) is 16.1. The van der Waals surface area contributed by atoms with Crippen molar-refractivity contribution in [2.24, 2.45) is 5.92 Å². The van der Waals surface area contributed by atoms with Crippen LogP contribution in [0.5, 0.6) is 0 Å². The fourth-order valence-electron chi connectivity index (χ4n) is 5.06. The van der Waals surface area contributed by atoms with E-state index in [0.717, 1.165) is 30.5 Å². The molecule has 4 aliphatic heterocycles. The fourth-order valence-corrected chi connectivity index (χ4v) is 5.06. The highest BCUT2D eigenvalue weighted by Gasteiger charge is 2.36. The van der Waals surface area contributed by atoms with Crippen LogP contribution < -0.4 is 5.32 Å². The Morgan fingerprint density at radius 2 is 1.92 bits per heavy atom. The van der Waals surface area contributed by atoms with Gasteiger partial charge in [-0.3, -0.25) is 4.79 Å². The third-order valence-corrected chi connectivity index (χ3v) is 6.32. The first-order valence-corrected chi connectivity index (χ1v) is 9.44. The molecule has 2 aromatic rings. The highest BCUT2D eigenvalue weighted by Crippen LogP contribution is 2.32. The molecule has 0 saturated carbocycles. The van der Waals surface area contributed by atoms with Gasteiger partial charge in [0.15, 0.2) is 0 Å². The minimum absolute atomic E-state index is 0.153. The maximum Gasteiger partial charge on any atom is 0.254 e. The quantitative estimate of drug-likeness (QED) is 0.923. The summed E-state index contributed by atoms with van der Waals surface area (Å²) in [5.74, 6) is 0.823. The first-order chi connectivity index (χ1) is 11.8. The molecular weight excluding hydrogens is 298 g/mol. The van der Waals surface area contributed by atoms with Gasteiger partial charge in [-0.05, 0) is 57.2 Å². The molecular formula is C20H25N3O. The number of hydrogen-bond acceptors (Lipinski definition) is 2. The summed E-state index contributed by atoms with van der Waals surface area (Å²) in [5.41, 5.74) is 3.43. The van der Waals surface area contributed by atoms with Crippen LogP contribution in [0.2, 0.25) is 0 Å². The van der Waals surface area contributed by atoms with Gasteiger partial charge in [0.2, 0.25) is 0 Å². The maximum absolute atomic E-state index is 13.2. The van der Waals surface area contributed by atoms with E-state index in [0.29, 0.717) is 12.0 Å². The van der Waals surface area contributed by atoms with Crippen LogP contribution in [0.4, 0.5) is 0 Å². The molecule has 3 saturated heterocycles. The van der Waals surface area contributed by atoms with E-state index in [1.54, 1.807) is 0 Å². The highest BCUT2D eigenvalue weighted by atomic mass is 16.1. The number of amides is 1. The van der Waals surface area contributed by atoms with Crippen molar-refractivity contribution < 1.29 is 4.79 Å². The number of rotatable bonds is 2. The Bertz CT molecular complexity index is 786. The molecule has 5 heterocycles. The first kappa shape index (κ1) is 14.5. The molecule has 0 radical (unpaired) electrons. The van der Waals surface area contributed by atoms with E-state index in [-0.39, 0.29) is 5.91 Å². The van der Waals surface area contributed by atoms with Gasteiger partial charge in [-0.25, -0.2) is 0 Å². The second-order valence-corrected chi connectivity index (χ2v) is 7.67. The molecule has 0 spiro atoms. The van der Waals surface area contributed by atoms with Gasteiger partial charge in [-0.2, -0.15) is 0 Å². The molecule has 1 N–H and O–H groups in total. The summed E-state index contributed by atoms with van der Waals surface area (Å²) in [7, 11) is 0. The molecule has 3 fully saturated rings. The van der Waals surface area contributed by atoms with Crippen LogP contribution in [0.3, 0.4) is 0 Å². The number of benzene rings is 1. The number of para-hydroxylation sites is 1. The van der Waals surface area contributed by atoms with E-state index in [4.69, 9.17) is 0 Å². The Labute approximate surface area is 142 Å². The molecule has 24 heavy (non-hydrogen) atoms. The van der Waals surface area contributed by atoms with Crippen LogP contribution in [-0.2, 0) is 13.0 Å². The lowest BCUT2D eigenvalue weighted by molar-refractivity contribution is 0.0620. The number of piperidine rings is 3. The summed E-state index contributed by atoms with van der Waals surface area (Å²) in [6, 6.07) is 8.75. The van der Waals surface area contributed by atoms with Crippen LogP contribution in [0.1, 0.15) is 41.7 Å². The third kappa shape index (κ3) is 2.20. The molecule has 4 heteroatoms. The van der Waals surface area contributed by atoms with Gasteiger partial charge >= 0.3 is 0 Å². The normalized spacial score (nSPS) is 28.8. The number of aromatic nitrogens is 1. The topological polar surface area (TPSA) is 37.3 Å². The average molecular weight is 323 g/mol. The van der Waals surface area contributed by atoms with E-state index in [1.165, 1.54) is 50.0 Å². The summed E-state index contributed by atoms with van der Waals surface area (Å²) in [6.07, 6.45) is 5.90. The van der Waals surface area contributed by atoms with Crippen LogP contribution in [0.15, 0.2) is 24.3 Å². The summed E-state index contributed by atoms with van der Waals surface area (Å²) in [5, 5.41) is 4.53. The Morgan fingerprint density at radius 3 is 2.71 bits per heavy atom. The van der Waals surface area contributed by atoms with E-state index >= 15 is 0 Å². The van der Waals surface area contributed by atoms with Gasteiger partial charge < -0.3 is 14.8 Å². The van der Waals surface area contributed by atoms with Crippen molar-refractivity contribution in [3.8, 4) is 0 Å². The van der Waals surface area contributed by atoms with Crippen molar-refractivity contribution in [3.63, 3.8) is 0 Å². The van der Waals surface area contributed by atoms with Gasteiger partial charge in [-0.1, -0.05) is 18.2 Å². The molecule has 6 rings (SSSR count). The Kier molecular flexibility index (Phi) is 3.40. The predicted octanol–water partition coefficient (Wildman–Crippen LogP) is 2.80. The lowest BCUT2D eigenvalue weighted by Crippen LogP contribution is -2.57. The number of hydrogen-bond donors (Lipinski definition) is 1. The average Bonchev–Trinajstić information content (AvgIpc) is 2.97. The van der Waals surface area contributed by atoms with Gasteiger partial charge in [0, 0.05) is 35.7 Å². The van der Waals surface area contributed by atoms with Crippen molar-refractivity contribution in [3.05, 3.63) is 35.5 Å². The van der Waals surface area contributed by atoms with Crippen LogP contribution in [0.25, 0.3) is 10.9 Å². The Hall–Kier alpha value is -1.81. The highest BCUT2D eigenvalue weighted by molar-refractivity contribution is 6.08. The second-order valence-electron chi connectivity index (χ2n) is 7.67. The zero-order valence-electron chi connectivity index (χ0n) is 14.1. The predicted molar refractivity (Wildman–Crippen MR) is 95.3 cm³/mol. The summed E-state index contributed by atoms with van der Waals surface area (Å²) in [4.78, 5) is 15.7. The molecule has 1 amide bonds. The standard InChI is InChI=1S/C20H25N3O/c24-20(21-16-13-22-11-8-14(16)9-12-22)19-15-5-1-2-6-17(15)23-10-4-3-7-18(19)23/h1-2,5-6,14,16H,3-4,7-13H2,(H,21,24)/t16-/m1/s1. The Balaban J connectivity index is 1.51. The molecule has 1 atom stereocenters. The number of aryl methyl sites for hydroxylation is 1. The van der Waals surface area contributed by atoms with Crippen molar-refractivity contribution in [1.29, 1.82) is 0 Å². The lowest BCUT2D eigenvalue weighted by atomic mass is 9.84. The van der Waals surface area contributed by atoms with E-state index in [9.17, 15) is 4.79 Å². The smallest absolute Gasteiger partial charge is 0.254 e. The number of nitrogens with one attached hydrogen (secondary N) is 1. The second kappa shape index (κ2) is 5.62. The summed E-state index contributed by atoms with van der Waals surface area (Å²) < 4.78 is 2.38. The van der Waals surface area contributed by atoms with Gasteiger partial charge in [-0.15, -0.1) is 0 Å². The van der Waals surface area contributed by atoms with Gasteiger partial charge in [0.05, 0.1) is 5.56 Å². The van der Waals surface area contributed by atoms with Crippen molar-refractivity contribution in [2.45, 2.75) is 44.7 Å². The molecule has 0 unspecified atom stereocenters. The SMILES string of the molecule is O=C(N[C@@H]1CN2CCC1CC2)c1c2n(c3ccccc13)CCCC2. The molecule has 126 valence electrons. The number of nitrogens with zero attached hydrogens (tertiary/aromatic N) is 2. The van der Waals surface area contributed by atoms with Crippen molar-refractivity contribution in [2.75, 3.05) is 19.6 Å². The van der Waals surface area contributed by atoms with Crippen LogP contribution in [0, 0.1) is 5.92 Å². The Morgan fingerprint density at radius 1 is 1.08 bits per heavy atom. The van der Waals surface area contributed by atoms with Crippen LogP contribution >= 0.6 is 0 Å². The van der Waals surface area contributed by atoms with Crippen molar-refractivity contribution in [1.82, 2.24) is 14.8 Å². The monoisotopic (exact) mass is 323 g/mol. The first-order valence-electron chi connectivity index (χ1n) is 9.44. The molecule has 4 aliphatic rings. The minimum Gasteiger partial charge on any atom is -0.348 e. The van der Waals surface area contributed by atoms with Crippen LogP contribution in [-0.4, -0.2) is 41.1 Å². The summed E-state index contributed by atoms with van der Waals surface area (Å²) in [6.45, 7) is 4.50. The van der Waals surface area contributed by atoms with E-state index < -0.39 is 0 Å². The molecule has 2 bridgehead atoms. The summed E-state index contributed by atoms with van der Waals surface area (Å²) >= 11 is 0. The van der Waals surface area contributed by atoms with Gasteiger partial charge in [0.1, 0.15) is 0 Å². The molecule has 4 nitrogen and oxygen atoms in total. The minimum atomic E-state index is 0.153. The van der Waals surface area contributed by atoms with Gasteiger partial charge in [0.25, 0.3) is 5.91 Å². The molecule has 0 aliphatic carbocycles. The fraction of sp³-hybridized carbons (Fsp3) is 0.550. The third-order valence-electron chi connectivity index (χ3n) is 6.32. The number of carbonyl (C=O) groups excluding carboxylic acids is 1.